The van der Waals surface area contributed by atoms with E-state index in [1.54, 1.807) is 12.1 Å². The van der Waals surface area contributed by atoms with Gasteiger partial charge in [0.15, 0.2) is 5.13 Å². The molecule has 2 rings (SSSR count). The quantitative estimate of drug-likeness (QED) is 0.817. The second-order valence-electron chi connectivity index (χ2n) is 4.85. The van der Waals surface area contributed by atoms with Crippen LogP contribution in [0.4, 0.5) is 5.13 Å². The van der Waals surface area contributed by atoms with Crippen molar-refractivity contribution in [1.29, 1.82) is 0 Å². The lowest BCUT2D eigenvalue weighted by Crippen LogP contribution is -2.27. The summed E-state index contributed by atoms with van der Waals surface area (Å²) in [4.78, 5) is 16.0. The molecule has 0 radical (unpaired) electrons. The number of benzene rings is 1. The molecular formula is C12H14N2O2S. The van der Waals surface area contributed by atoms with Gasteiger partial charge >= 0.3 is 0 Å². The topological polar surface area (TPSA) is 62.2 Å². The molecule has 0 aliphatic rings. The number of aromatic nitrogens is 1. The normalized spacial score (nSPS) is 11.7. The molecule has 0 spiro atoms. The number of nitrogens with zero attached hydrogens (tertiary/aromatic N) is 1. The van der Waals surface area contributed by atoms with Crippen molar-refractivity contribution < 1.29 is 9.90 Å². The third kappa shape index (κ3) is 2.39. The van der Waals surface area contributed by atoms with Crippen molar-refractivity contribution in [3.05, 3.63) is 18.2 Å². The first-order valence-electron chi connectivity index (χ1n) is 5.28. The van der Waals surface area contributed by atoms with Gasteiger partial charge in [0.05, 0.1) is 4.70 Å². The maximum absolute atomic E-state index is 11.8. The number of phenols is 1. The van der Waals surface area contributed by atoms with Crippen LogP contribution in [0.1, 0.15) is 20.8 Å². The van der Waals surface area contributed by atoms with E-state index in [0.717, 1.165) is 4.70 Å². The highest BCUT2D eigenvalue weighted by atomic mass is 32.1. The summed E-state index contributed by atoms with van der Waals surface area (Å²) in [6.07, 6.45) is 0. The average molecular weight is 250 g/mol. The van der Waals surface area contributed by atoms with Gasteiger partial charge in [0.2, 0.25) is 5.91 Å². The highest BCUT2D eigenvalue weighted by Crippen LogP contribution is 2.32. The van der Waals surface area contributed by atoms with Crippen LogP contribution >= 0.6 is 11.3 Å². The number of amides is 1. The molecule has 0 aliphatic heterocycles. The Morgan fingerprint density at radius 3 is 2.71 bits per heavy atom. The first-order chi connectivity index (χ1) is 7.88. The number of carbonyl (C=O) groups excluding carboxylic acids is 1. The number of nitrogens with one attached hydrogen (secondary N) is 1. The molecule has 1 amide bonds. The van der Waals surface area contributed by atoms with Crippen molar-refractivity contribution in [1.82, 2.24) is 4.98 Å². The Morgan fingerprint density at radius 2 is 2.12 bits per heavy atom. The number of thiazole rings is 1. The molecule has 5 heteroatoms. The second kappa shape index (κ2) is 4.00. The molecule has 4 nitrogen and oxygen atoms in total. The fourth-order valence-corrected chi connectivity index (χ4v) is 2.15. The van der Waals surface area contributed by atoms with Gasteiger partial charge in [-0.15, -0.1) is 0 Å². The van der Waals surface area contributed by atoms with Crippen molar-refractivity contribution in [3.8, 4) is 5.75 Å². The molecular weight excluding hydrogens is 236 g/mol. The van der Waals surface area contributed by atoms with E-state index in [9.17, 15) is 9.90 Å². The van der Waals surface area contributed by atoms with Gasteiger partial charge in [0.25, 0.3) is 0 Å². The van der Waals surface area contributed by atoms with E-state index in [-0.39, 0.29) is 11.7 Å². The summed E-state index contributed by atoms with van der Waals surface area (Å²) < 4.78 is 0.856. The molecule has 0 unspecified atom stereocenters. The van der Waals surface area contributed by atoms with Crippen LogP contribution in [0.2, 0.25) is 0 Å². The van der Waals surface area contributed by atoms with Gasteiger partial charge in [-0.2, -0.15) is 0 Å². The van der Waals surface area contributed by atoms with E-state index in [4.69, 9.17) is 0 Å². The first-order valence-corrected chi connectivity index (χ1v) is 6.09. The molecule has 90 valence electrons. The Bertz CT molecular complexity index is 569. The number of hydrogen-bond donors (Lipinski definition) is 2. The standard InChI is InChI=1S/C12H14N2O2S/c1-12(2,3)10(16)14-11-13-9-7(15)5-4-6-8(9)17-11/h4-6,15H,1-3H3,(H,13,14,16). The van der Waals surface area contributed by atoms with E-state index in [1.807, 2.05) is 26.8 Å². The van der Waals surface area contributed by atoms with Crippen molar-refractivity contribution in [2.45, 2.75) is 20.8 Å². The minimum Gasteiger partial charge on any atom is -0.506 e. The molecule has 2 aromatic rings. The maximum Gasteiger partial charge on any atom is 0.231 e. The number of para-hydroxylation sites is 1. The largest absolute Gasteiger partial charge is 0.506 e. The van der Waals surface area contributed by atoms with Crippen LogP contribution in [-0.4, -0.2) is 16.0 Å². The molecule has 2 N–H and O–H groups in total. The van der Waals surface area contributed by atoms with E-state index in [0.29, 0.717) is 10.6 Å². The van der Waals surface area contributed by atoms with Gasteiger partial charge in [0, 0.05) is 5.41 Å². The lowest BCUT2D eigenvalue weighted by Gasteiger charge is -2.15. The number of fused-ring (bicyclic) bond motifs is 1. The van der Waals surface area contributed by atoms with Gasteiger partial charge in [-0.1, -0.05) is 38.2 Å². The van der Waals surface area contributed by atoms with Crippen LogP contribution in [0.3, 0.4) is 0 Å². The highest BCUT2D eigenvalue weighted by Gasteiger charge is 2.22. The summed E-state index contributed by atoms with van der Waals surface area (Å²) in [6.45, 7) is 5.52. The summed E-state index contributed by atoms with van der Waals surface area (Å²) >= 11 is 1.35. The number of rotatable bonds is 1. The predicted octanol–water partition coefficient (Wildman–Crippen LogP) is 2.99. The SMILES string of the molecule is CC(C)(C)C(=O)Nc1nc2c(O)cccc2s1. The van der Waals surface area contributed by atoms with Crippen LogP contribution in [0.15, 0.2) is 18.2 Å². The van der Waals surface area contributed by atoms with Gasteiger partial charge in [-0.3, -0.25) is 4.79 Å². The molecule has 1 heterocycles. The number of aromatic hydroxyl groups is 1. The lowest BCUT2D eigenvalue weighted by molar-refractivity contribution is -0.123. The third-order valence-corrected chi connectivity index (χ3v) is 3.24. The first kappa shape index (κ1) is 11.9. The van der Waals surface area contributed by atoms with Gasteiger partial charge in [-0.25, -0.2) is 4.98 Å². The summed E-state index contributed by atoms with van der Waals surface area (Å²) in [7, 11) is 0. The molecule has 0 saturated heterocycles. The molecule has 0 bridgehead atoms. The molecule has 17 heavy (non-hydrogen) atoms. The highest BCUT2D eigenvalue weighted by molar-refractivity contribution is 7.22. The molecule has 1 aromatic heterocycles. The van der Waals surface area contributed by atoms with Crippen molar-refractivity contribution >= 4 is 32.6 Å². The summed E-state index contributed by atoms with van der Waals surface area (Å²) in [5, 5.41) is 12.9. The zero-order valence-electron chi connectivity index (χ0n) is 9.94. The molecule has 1 aromatic carbocycles. The van der Waals surface area contributed by atoms with Crippen LogP contribution in [0.25, 0.3) is 10.2 Å². The summed E-state index contributed by atoms with van der Waals surface area (Å²) in [6, 6.07) is 5.20. The molecule has 0 fully saturated rings. The van der Waals surface area contributed by atoms with E-state index in [1.165, 1.54) is 11.3 Å². The molecule has 0 atom stereocenters. The monoisotopic (exact) mass is 250 g/mol. The third-order valence-electron chi connectivity index (χ3n) is 2.30. The van der Waals surface area contributed by atoms with Gasteiger partial charge in [0.1, 0.15) is 11.3 Å². The Morgan fingerprint density at radius 1 is 1.41 bits per heavy atom. The maximum atomic E-state index is 11.8. The van der Waals surface area contributed by atoms with Gasteiger partial charge in [-0.05, 0) is 12.1 Å². The Kier molecular flexibility index (Phi) is 2.79. The number of phenolic OH excluding ortho intramolecular Hbond substituents is 1. The molecule has 0 saturated carbocycles. The van der Waals surface area contributed by atoms with Crippen LogP contribution < -0.4 is 5.32 Å². The Balaban J connectivity index is 2.32. The van der Waals surface area contributed by atoms with E-state index in [2.05, 4.69) is 10.3 Å². The number of carbonyl (C=O) groups is 1. The van der Waals surface area contributed by atoms with Crippen molar-refractivity contribution in [2.75, 3.05) is 5.32 Å². The minimum absolute atomic E-state index is 0.0870. The van der Waals surface area contributed by atoms with Gasteiger partial charge < -0.3 is 10.4 Å². The van der Waals surface area contributed by atoms with Crippen LogP contribution in [-0.2, 0) is 4.79 Å². The smallest absolute Gasteiger partial charge is 0.231 e. The summed E-state index contributed by atoms with van der Waals surface area (Å²) in [5.41, 5.74) is 0.0709. The van der Waals surface area contributed by atoms with Crippen molar-refractivity contribution in [2.24, 2.45) is 5.41 Å². The lowest BCUT2D eigenvalue weighted by atomic mass is 9.96. The second-order valence-corrected chi connectivity index (χ2v) is 5.88. The number of anilines is 1. The predicted molar refractivity (Wildman–Crippen MR) is 69.4 cm³/mol. The minimum atomic E-state index is -0.458. The molecule has 0 aliphatic carbocycles. The fraction of sp³-hybridized carbons (Fsp3) is 0.333. The van der Waals surface area contributed by atoms with Crippen molar-refractivity contribution in [3.63, 3.8) is 0 Å². The average Bonchev–Trinajstić information content (AvgIpc) is 2.60. The summed E-state index contributed by atoms with van der Waals surface area (Å²) in [5.74, 6) is 0.0473. The zero-order chi connectivity index (χ0) is 12.6. The van der Waals surface area contributed by atoms with E-state index < -0.39 is 5.41 Å². The van der Waals surface area contributed by atoms with Crippen LogP contribution in [0.5, 0.6) is 5.75 Å². The Hall–Kier alpha value is -1.62. The van der Waals surface area contributed by atoms with E-state index >= 15 is 0 Å². The number of hydrogen-bond acceptors (Lipinski definition) is 4. The zero-order valence-corrected chi connectivity index (χ0v) is 10.8. The fourth-order valence-electron chi connectivity index (χ4n) is 1.27. The Labute approximate surface area is 103 Å². The van der Waals surface area contributed by atoms with Crippen LogP contribution in [0, 0.1) is 5.41 Å².